The van der Waals surface area contributed by atoms with Gasteiger partial charge in [-0.05, 0) is 31.8 Å². The zero-order chi connectivity index (χ0) is 16.4. The molecule has 1 rings (SSSR count). The number of anilines is 1. The van der Waals surface area contributed by atoms with Gasteiger partial charge in [-0.3, -0.25) is 0 Å². The first-order valence-electron chi connectivity index (χ1n) is 8.08. The molecular formula is C17H29N3O2. The number of hydrogen-bond acceptors (Lipinski definition) is 5. The molecule has 0 bridgehead atoms. The Hall–Kier alpha value is -1.78. The molecule has 1 aromatic heterocycles. The van der Waals surface area contributed by atoms with Crippen molar-refractivity contribution in [2.45, 2.75) is 52.9 Å². The first kappa shape index (κ1) is 18.3. The van der Waals surface area contributed by atoms with Crippen LogP contribution in [-0.2, 0) is 4.74 Å². The van der Waals surface area contributed by atoms with E-state index in [4.69, 9.17) is 9.26 Å². The molecule has 22 heavy (non-hydrogen) atoms. The summed E-state index contributed by atoms with van der Waals surface area (Å²) in [6.07, 6.45) is 7.08. The highest BCUT2D eigenvalue weighted by molar-refractivity contribution is 5.18. The number of nitrogens with one attached hydrogen (secondary N) is 1. The summed E-state index contributed by atoms with van der Waals surface area (Å²) < 4.78 is 10.8. The van der Waals surface area contributed by atoms with Crippen LogP contribution in [0.25, 0.3) is 0 Å². The van der Waals surface area contributed by atoms with Gasteiger partial charge in [-0.1, -0.05) is 45.0 Å². The maximum Gasteiger partial charge on any atom is 0.321 e. The lowest BCUT2D eigenvalue weighted by Crippen LogP contribution is -2.14. The molecule has 1 heterocycles. The number of hydrogen-bond donors (Lipinski definition) is 1. The van der Waals surface area contributed by atoms with Gasteiger partial charge in [-0.25, -0.2) is 0 Å². The lowest BCUT2D eigenvalue weighted by atomic mass is 10.0. The Morgan fingerprint density at radius 3 is 2.77 bits per heavy atom. The third-order valence-electron chi connectivity index (χ3n) is 3.34. The quantitative estimate of drug-likeness (QED) is 0.481. The zero-order valence-corrected chi connectivity index (χ0v) is 14.3. The van der Waals surface area contributed by atoms with Gasteiger partial charge in [0.1, 0.15) is 5.76 Å². The van der Waals surface area contributed by atoms with Crippen molar-refractivity contribution in [3.8, 4) is 0 Å². The van der Waals surface area contributed by atoms with Crippen LogP contribution >= 0.6 is 0 Å². The molecule has 0 amide bonds. The minimum Gasteiger partial charge on any atom is -0.494 e. The topological polar surface area (TPSA) is 60.2 Å². The van der Waals surface area contributed by atoms with Crippen LogP contribution in [0.5, 0.6) is 0 Å². The number of aromatic nitrogens is 2. The summed E-state index contributed by atoms with van der Waals surface area (Å²) in [5.41, 5.74) is 0. The fourth-order valence-electron chi connectivity index (χ4n) is 2.10. The highest BCUT2D eigenvalue weighted by atomic mass is 16.5. The molecule has 0 spiro atoms. The second-order valence-electron chi connectivity index (χ2n) is 5.76. The monoisotopic (exact) mass is 307 g/mol. The van der Waals surface area contributed by atoms with Crippen LogP contribution in [0.15, 0.2) is 29.0 Å². The Morgan fingerprint density at radius 2 is 2.18 bits per heavy atom. The lowest BCUT2D eigenvalue weighted by Gasteiger charge is -2.17. The number of rotatable bonds is 11. The molecular weight excluding hydrogens is 278 g/mol. The molecule has 0 aliphatic carbocycles. The summed E-state index contributed by atoms with van der Waals surface area (Å²) in [7, 11) is 0. The van der Waals surface area contributed by atoms with Crippen molar-refractivity contribution >= 4 is 6.01 Å². The van der Waals surface area contributed by atoms with Crippen LogP contribution in [0.3, 0.4) is 0 Å². The summed E-state index contributed by atoms with van der Waals surface area (Å²) >= 11 is 0. The number of ether oxygens (including phenoxy) is 1. The van der Waals surface area contributed by atoms with Crippen molar-refractivity contribution in [1.82, 2.24) is 10.1 Å². The average Bonchev–Trinajstić information content (AvgIpc) is 2.94. The van der Waals surface area contributed by atoms with Crippen molar-refractivity contribution in [2.24, 2.45) is 5.92 Å². The van der Waals surface area contributed by atoms with Crippen LogP contribution < -0.4 is 5.32 Å². The molecule has 124 valence electrons. The predicted molar refractivity (Wildman–Crippen MR) is 89.8 cm³/mol. The second kappa shape index (κ2) is 10.0. The van der Waals surface area contributed by atoms with E-state index >= 15 is 0 Å². The van der Waals surface area contributed by atoms with E-state index in [9.17, 15) is 0 Å². The highest BCUT2D eigenvalue weighted by Gasteiger charge is 2.11. The van der Waals surface area contributed by atoms with Gasteiger partial charge in [0.2, 0.25) is 0 Å². The van der Waals surface area contributed by atoms with E-state index in [0.29, 0.717) is 18.5 Å². The van der Waals surface area contributed by atoms with E-state index in [0.717, 1.165) is 37.4 Å². The van der Waals surface area contributed by atoms with E-state index in [2.05, 4.69) is 29.0 Å². The first-order valence-corrected chi connectivity index (χ1v) is 8.08. The normalized spacial score (nSPS) is 12.8. The van der Waals surface area contributed by atoms with Gasteiger partial charge in [0.05, 0.1) is 6.61 Å². The fraction of sp³-hybridized carbons (Fsp3) is 0.647. The molecule has 0 aliphatic rings. The third-order valence-corrected chi connectivity index (χ3v) is 3.34. The third kappa shape index (κ3) is 6.78. The molecule has 1 atom stereocenters. The minimum absolute atomic E-state index is 0.276. The maximum absolute atomic E-state index is 5.67. The van der Waals surface area contributed by atoms with Crippen molar-refractivity contribution in [2.75, 3.05) is 18.5 Å². The van der Waals surface area contributed by atoms with Crippen molar-refractivity contribution in [3.63, 3.8) is 0 Å². The fourth-order valence-corrected chi connectivity index (χ4v) is 2.10. The molecule has 0 aliphatic heterocycles. The van der Waals surface area contributed by atoms with Crippen LogP contribution in [-0.4, -0.2) is 23.3 Å². The van der Waals surface area contributed by atoms with Gasteiger partial charge in [-0.2, -0.15) is 4.98 Å². The van der Waals surface area contributed by atoms with E-state index in [1.807, 2.05) is 32.9 Å². The smallest absolute Gasteiger partial charge is 0.321 e. The second-order valence-corrected chi connectivity index (χ2v) is 5.76. The Balaban J connectivity index is 2.35. The SMILES string of the molecule is C=C(/C=C\C)OCC(CCC)CCNc1nc(C(C)C)no1. The van der Waals surface area contributed by atoms with Gasteiger partial charge in [-0.15, -0.1) is 0 Å². The van der Waals surface area contributed by atoms with Crippen molar-refractivity contribution < 1.29 is 9.26 Å². The van der Waals surface area contributed by atoms with Gasteiger partial charge in [0, 0.05) is 12.5 Å². The number of allylic oxidation sites excluding steroid dienone is 2. The standard InChI is InChI=1S/C17H29N3O2/c1-6-8-14(5)21-12-15(9-7-2)10-11-18-17-19-16(13(3)4)20-22-17/h6,8,13,15H,5,7,9-12H2,1-4H3,(H,18,19,20)/b8-6-. The molecule has 1 unspecified atom stereocenters. The molecule has 0 saturated heterocycles. The summed E-state index contributed by atoms with van der Waals surface area (Å²) in [6.45, 7) is 13.6. The minimum atomic E-state index is 0.276. The summed E-state index contributed by atoms with van der Waals surface area (Å²) in [5, 5.41) is 7.13. The Morgan fingerprint density at radius 1 is 1.41 bits per heavy atom. The molecule has 5 nitrogen and oxygen atoms in total. The average molecular weight is 307 g/mol. The van der Waals surface area contributed by atoms with Crippen LogP contribution in [0.4, 0.5) is 6.01 Å². The zero-order valence-electron chi connectivity index (χ0n) is 14.3. The Kier molecular flexibility index (Phi) is 8.33. The van der Waals surface area contributed by atoms with Gasteiger partial charge in [0.25, 0.3) is 0 Å². The molecule has 0 radical (unpaired) electrons. The van der Waals surface area contributed by atoms with Gasteiger partial charge < -0.3 is 14.6 Å². The van der Waals surface area contributed by atoms with Crippen molar-refractivity contribution in [1.29, 1.82) is 0 Å². The molecule has 1 N–H and O–H groups in total. The summed E-state index contributed by atoms with van der Waals surface area (Å²) in [4.78, 5) is 4.31. The Bertz CT molecular complexity index is 466. The predicted octanol–water partition coefficient (Wildman–Crippen LogP) is 4.52. The lowest BCUT2D eigenvalue weighted by molar-refractivity contribution is 0.166. The molecule has 0 fully saturated rings. The highest BCUT2D eigenvalue weighted by Crippen LogP contribution is 2.16. The van der Waals surface area contributed by atoms with Gasteiger partial charge in [0.15, 0.2) is 5.82 Å². The molecule has 0 saturated carbocycles. The van der Waals surface area contributed by atoms with E-state index in [1.54, 1.807) is 0 Å². The van der Waals surface area contributed by atoms with E-state index in [-0.39, 0.29) is 5.92 Å². The maximum atomic E-state index is 5.67. The molecule has 0 aromatic carbocycles. The van der Waals surface area contributed by atoms with Gasteiger partial charge >= 0.3 is 6.01 Å². The van der Waals surface area contributed by atoms with Crippen LogP contribution in [0.2, 0.25) is 0 Å². The largest absolute Gasteiger partial charge is 0.494 e. The Labute approximate surface area is 133 Å². The summed E-state index contributed by atoms with van der Waals surface area (Å²) in [5.74, 6) is 2.22. The first-order chi connectivity index (χ1) is 10.6. The number of nitrogens with zero attached hydrogens (tertiary/aromatic N) is 2. The van der Waals surface area contributed by atoms with Crippen LogP contribution in [0, 0.1) is 5.92 Å². The van der Waals surface area contributed by atoms with Crippen LogP contribution in [0.1, 0.15) is 58.7 Å². The van der Waals surface area contributed by atoms with E-state index < -0.39 is 0 Å². The molecule has 5 heteroatoms. The van der Waals surface area contributed by atoms with Crippen molar-refractivity contribution in [3.05, 3.63) is 30.3 Å². The summed E-state index contributed by atoms with van der Waals surface area (Å²) in [6, 6.07) is 0.498. The van der Waals surface area contributed by atoms with E-state index in [1.165, 1.54) is 0 Å². The molecule has 1 aromatic rings.